The second-order valence-corrected chi connectivity index (χ2v) is 7.21. The van der Waals surface area contributed by atoms with Crippen LogP contribution in [0.25, 0.3) is 11.4 Å². The maximum Gasteiger partial charge on any atom is 0.253 e. The van der Waals surface area contributed by atoms with Crippen molar-refractivity contribution in [2.45, 2.75) is 18.8 Å². The van der Waals surface area contributed by atoms with Crippen LogP contribution in [0, 0.1) is 0 Å². The molecule has 1 atom stereocenters. The molecule has 2 heterocycles. The van der Waals surface area contributed by atoms with Gasteiger partial charge in [-0.2, -0.15) is 0 Å². The van der Waals surface area contributed by atoms with Gasteiger partial charge in [0.1, 0.15) is 0 Å². The summed E-state index contributed by atoms with van der Waals surface area (Å²) in [7, 11) is 0. The third-order valence-electron chi connectivity index (χ3n) is 4.91. The zero-order valence-electron chi connectivity index (χ0n) is 14.9. The monoisotopic (exact) mass is 377 g/mol. The standard InChI is InChI=1S/C22H20ClN3O/c23-19-10-4-8-17(14-19)22(27)26-13-5-9-18(15-26)20-11-12-24-21(25-20)16-6-2-1-3-7-16/h1-4,6-8,10-12,14,18H,5,9,13,15H2/t18-/m0/s1. The summed E-state index contributed by atoms with van der Waals surface area (Å²) in [6.45, 7) is 1.43. The van der Waals surface area contributed by atoms with E-state index in [1.54, 1.807) is 12.1 Å². The van der Waals surface area contributed by atoms with Crippen molar-refractivity contribution in [3.63, 3.8) is 0 Å². The van der Waals surface area contributed by atoms with Crippen LogP contribution in [0.4, 0.5) is 0 Å². The average molecular weight is 378 g/mol. The van der Waals surface area contributed by atoms with E-state index in [9.17, 15) is 4.79 Å². The third-order valence-corrected chi connectivity index (χ3v) is 5.14. The molecule has 27 heavy (non-hydrogen) atoms. The number of hydrogen-bond donors (Lipinski definition) is 0. The van der Waals surface area contributed by atoms with Crippen LogP contribution in [0.1, 0.15) is 34.8 Å². The van der Waals surface area contributed by atoms with E-state index in [-0.39, 0.29) is 11.8 Å². The molecular formula is C22H20ClN3O. The second-order valence-electron chi connectivity index (χ2n) is 6.77. The number of aromatic nitrogens is 2. The van der Waals surface area contributed by atoms with Crippen molar-refractivity contribution < 1.29 is 4.79 Å². The van der Waals surface area contributed by atoms with Gasteiger partial charge in [-0.15, -0.1) is 0 Å². The lowest BCUT2D eigenvalue weighted by Gasteiger charge is -2.32. The first-order valence-electron chi connectivity index (χ1n) is 9.14. The van der Waals surface area contributed by atoms with Crippen LogP contribution in [0.2, 0.25) is 5.02 Å². The topological polar surface area (TPSA) is 46.1 Å². The highest BCUT2D eigenvalue weighted by molar-refractivity contribution is 6.30. The van der Waals surface area contributed by atoms with Gasteiger partial charge >= 0.3 is 0 Å². The number of hydrogen-bond acceptors (Lipinski definition) is 3. The molecule has 136 valence electrons. The number of nitrogens with zero attached hydrogens (tertiary/aromatic N) is 3. The van der Waals surface area contributed by atoms with Gasteiger partial charge in [0.05, 0.1) is 0 Å². The zero-order valence-corrected chi connectivity index (χ0v) is 15.6. The number of piperidine rings is 1. The van der Waals surface area contributed by atoms with Crippen LogP contribution in [-0.4, -0.2) is 33.9 Å². The molecule has 5 heteroatoms. The highest BCUT2D eigenvalue weighted by Gasteiger charge is 2.26. The fourth-order valence-corrected chi connectivity index (χ4v) is 3.72. The Morgan fingerprint density at radius 1 is 1.07 bits per heavy atom. The quantitative estimate of drug-likeness (QED) is 0.657. The Bertz CT molecular complexity index is 945. The summed E-state index contributed by atoms with van der Waals surface area (Å²) in [5.41, 5.74) is 2.63. The molecule has 1 aliphatic rings. The van der Waals surface area contributed by atoms with Crippen molar-refractivity contribution in [1.82, 2.24) is 14.9 Å². The first-order valence-corrected chi connectivity index (χ1v) is 9.52. The molecule has 1 amide bonds. The molecule has 0 aliphatic carbocycles. The lowest BCUT2D eigenvalue weighted by molar-refractivity contribution is 0.0706. The Balaban J connectivity index is 1.54. The van der Waals surface area contributed by atoms with E-state index in [0.717, 1.165) is 36.5 Å². The van der Waals surface area contributed by atoms with E-state index in [1.807, 2.05) is 59.6 Å². The van der Waals surface area contributed by atoms with Gasteiger partial charge in [0, 0.05) is 47.0 Å². The lowest BCUT2D eigenvalue weighted by Crippen LogP contribution is -2.39. The van der Waals surface area contributed by atoms with E-state index in [4.69, 9.17) is 16.6 Å². The van der Waals surface area contributed by atoms with Gasteiger partial charge in [0.25, 0.3) is 5.91 Å². The van der Waals surface area contributed by atoms with Gasteiger partial charge in [0.2, 0.25) is 0 Å². The normalized spacial score (nSPS) is 16.9. The van der Waals surface area contributed by atoms with Crippen molar-refractivity contribution in [2.24, 2.45) is 0 Å². The average Bonchev–Trinajstić information content (AvgIpc) is 2.74. The third kappa shape index (κ3) is 4.01. The van der Waals surface area contributed by atoms with E-state index >= 15 is 0 Å². The lowest BCUT2D eigenvalue weighted by atomic mass is 9.94. The molecule has 0 bridgehead atoms. The number of carbonyl (C=O) groups excluding carboxylic acids is 1. The Morgan fingerprint density at radius 3 is 2.74 bits per heavy atom. The molecule has 1 aliphatic heterocycles. The smallest absolute Gasteiger partial charge is 0.253 e. The molecule has 1 saturated heterocycles. The summed E-state index contributed by atoms with van der Waals surface area (Å²) >= 11 is 6.04. The Hall–Kier alpha value is -2.72. The minimum absolute atomic E-state index is 0.0274. The van der Waals surface area contributed by atoms with Gasteiger partial charge < -0.3 is 4.90 Å². The first-order chi connectivity index (χ1) is 13.2. The summed E-state index contributed by atoms with van der Waals surface area (Å²) < 4.78 is 0. The van der Waals surface area contributed by atoms with Crippen LogP contribution in [-0.2, 0) is 0 Å². The summed E-state index contributed by atoms with van der Waals surface area (Å²) in [6.07, 6.45) is 3.79. The SMILES string of the molecule is O=C(c1cccc(Cl)c1)N1CCC[C@H](c2ccnc(-c3ccccc3)n2)C1. The molecule has 0 N–H and O–H groups in total. The number of amides is 1. The van der Waals surface area contributed by atoms with Crippen LogP contribution in [0.15, 0.2) is 66.9 Å². The largest absolute Gasteiger partial charge is 0.338 e. The van der Waals surface area contributed by atoms with Crippen molar-refractivity contribution in [1.29, 1.82) is 0 Å². The van der Waals surface area contributed by atoms with Crippen molar-refractivity contribution in [3.05, 3.63) is 83.1 Å². The number of benzene rings is 2. The fraction of sp³-hybridized carbons (Fsp3) is 0.227. The minimum atomic E-state index is 0.0274. The molecule has 1 fully saturated rings. The molecule has 2 aromatic carbocycles. The summed E-state index contributed by atoms with van der Waals surface area (Å²) in [5, 5.41) is 0.581. The van der Waals surface area contributed by atoms with E-state index in [0.29, 0.717) is 17.1 Å². The van der Waals surface area contributed by atoms with Gasteiger partial charge in [-0.1, -0.05) is 48.0 Å². The van der Waals surface area contributed by atoms with E-state index in [2.05, 4.69) is 4.98 Å². The predicted molar refractivity (Wildman–Crippen MR) is 107 cm³/mol. The van der Waals surface area contributed by atoms with E-state index in [1.165, 1.54) is 0 Å². The number of rotatable bonds is 3. The van der Waals surface area contributed by atoms with Crippen molar-refractivity contribution in [2.75, 3.05) is 13.1 Å². The maximum absolute atomic E-state index is 12.9. The van der Waals surface area contributed by atoms with Crippen LogP contribution in [0.5, 0.6) is 0 Å². The van der Waals surface area contributed by atoms with Crippen molar-refractivity contribution >= 4 is 17.5 Å². The summed E-state index contributed by atoms with van der Waals surface area (Å²) in [4.78, 5) is 23.9. The molecule has 0 unspecified atom stereocenters. The predicted octanol–water partition coefficient (Wildman–Crippen LogP) is 4.82. The molecule has 4 rings (SSSR count). The summed E-state index contributed by atoms with van der Waals surface area (Å²) in [5.74, 6) is 0.971. The molecule has 0 saturated carbocycles. The minimum Gasteiger partial charge on any atom is -0.338 e. The zero-order chi connectivity index (χ0) is 18.6. The second kappa shape index (κ2) is 7.89. The van der Waals surface area contributed by atoms with Gasteiger partial charge in [-0.25, -0.2) is 9.97 Å². The fourth-order valence-electron chi connectivity index (χ4n) is 3.53. The number of carbonyl (C=O) groups is 1. The van der Waals surface area contributed by atoms with Gasteiger partial charge in [-0.05, 0) is 37.1 Å². The molecular weight excluding hydrogens is 358 g/mol. The highest BCUT2D eigenvalue weighted by atomic mass is 35.5. The molecule has 0 radical (unpaired) electrons. The Labute approximate surface area is 163 Å². The van der Waals surface area contributed by atoms with E-state index < -0.39 is 0 Å². The number of halogens is 1. The van der Waals surface area contributed by atoms with Crippen LogP contribution >= 0.6 is 11.6 Å². The highest BCUT2D eigenvalue weighted by Crippen LogP contribution is 2.28. The summed E-state index contributed by atoms with van der Waals surface area (Å²) in [6, 6.07) is 19.1. The number of likely N-dealkylation sites (tertiary alicyclic amines) is 1. The van der Waals surface area contributed by atoms with Crippen LogP contribution < -0.4 is 0 Å². The van der Waals surface area contributed by atoms with Gasteiger partial charge in [0.15, 0.2) is 5.82 Å². The first kappa shape index (κ1) is 17.7. The van der Waals surface area contributed by atoms with Crippen molar-refractivity contribution in [3.8, 4) is 11.4 Å². The molecule has 0 spiro atoms. The van der Waals surface area contributed by atoms with Gasteiger partial charge in [-0.3, -0.25) is 4.79 Å². The molecule has 4 nitrogen and oxygen atoms in total. The molecule has 1 aromatic heterocycles. The Kier molecular flexibility index (Phi) is 5.16. The Morgan fingerprint density at radius 2 is 1.93 bits per heavy atom. The molecule has 3 aromatic rings. The maximum atomic E-state index is 12.9. The van der Waals surface area contributed by atoms with Crippen LogP contribution in [0.3, 0.4) is 0 Å².